The van der Waals surface area contributed by atoms with Gasteiger partial charge in [-0.3, -0.25) is 4.98 Å². The van der Waals surface area contributed by atoms with Crippen LogP contribution < -0.4 is 42.0 Å². The van der Waals surface area contributed by atoms with Crippen molar-refractivity contribution < 1.29 is 22.3 Å². The van der Waals surface area contributed by atoms with Crippen molar-refractivity contribution in [1.82, 2.24) is 98.0 Å². The number of aryl methyl sites for hydroxylation is 5. The fourth-order valence-electron chi connectivity index (χ4n) is 17.9. The fourth-order valence-corrected chi connectivity index (χ4v) is 17.9. The van der Waals surface area contributed by atoms with Crippen molar-refractivity contribution in [1.29, 1.82) is 0 Å². The lowest BCUT2D eigenvalue weighted by Crippen LogP contribution is -2.17. The first-order valence-electron chi connectivity index (χ1n) is 47.4. The van der Waals surface area contributed by atoms with Gasteiger partial charge in [0.15, 0.2) is 0 Å². The van der Waals surface area contributed by atoms with Gasteiger partial charge >= 0.3 is 0 Å². The number of unbranched alkanes of at least 4 members (excludes halogenated alkanes) is 1. The van der Waals surface area contributed by atoms with Crippen LogP contribution in [-0.4, -0.2) is 150 Å². The third-order valence-electron chi connectivity index (χ3n) is 24.4. The summed E-state index contributed by atoms with van der Waals surface area (Å²) < 4.78 is 70.2. The van der Waals surface area contributed by atoms with Crippen molar-refractivity contribution >= 4 is 52.1 Å². The van der Waals surface area contributed by atoms with Crippen LogP contribution in [0.2, 0.25) is 0 Å². The summed E-state index contributed by atoms with van der Waals surface area (Å²) >= 11 is 0. The van der Waals surface area contributed by atoms with Gasteiger partial charge in [0.1, 0.15) is 76.4 Å². The molecule has 16 heterocycles. The van der Waals surface area contributed by atoms with Crippen LogP contribution in [0.4, 0.5) is 58.8 Å². The molecule has 4 unspecified atom stereocenters. The summed E-state index contributed by atoms with van der Waals surface area (Å²) in [5, 5.41) is 24.4. The zero-order chi connectivity index (χ0) is 94.8. The van der Waals surface area contributed by atoms with Gasteiger partial charge in [-0.05, 0) is 228 Å². The molecule has 0 spiro atoms. The van der Waals surface area contributed by atoms with Crippen molar-refractivity contribution in [3.05, 3.63) is 302 Å². The zero-order valence-corrected chi connectivity index (χ0v) is 77.9. The highest BCUT2D eigenvalue weighted by molar-refractivity contribution is 5.86. The summed E-state index contributed by atoms with van der Waals surface area (Å²) in [6.07, 6.45) is 22.8. The highest BCUT2D eigenvalue weighted by Crippen LogP contribution is 2.46. The van der Waals surface area contributed by atoms with Gasteiger partial charge in [0.2, 0.25) is 23.8 Å². The molecular weight excluding hydrogens is 1740 g/mol. The average Bonchev–Trinajstić information content (AvgIpc) is 1.61. The minimum Gasteiger partial charge on any atom is -0.491 e. The maximum absolute atomic E-state index is 13.8. The van der Waals surface area contributed by atoms with Gasteiger partial charge in [-0.25, -0.2) is 92.3 Å². The number of pyridine rings is 4. The lowest BCUT2D eigenvalue weighted by Gasteiger charge is -2.19. The van der Waals surface area contributed by atoms with Crippen LogP contribution in [0, 0.1) is 36.1 Å². The van der Waals surface area contributed by atoms with E-state index in [1.165, 1.54) is 48.5 Å². The maximum atomic E-state index is 13.8. The summed E-state index contributed by atoms with van der Waals surface area (Å²) in [6, 6.07) is 61.8. The Morgan fingerprint density at radius 2 is 0.696 bits per heavy atom. The van der Waals surface area contributed by atoms with Crippen molar-refractivity contribution in [3.8, 4) is 96.3 Å². The number of hydrogen-bond donors (Lipinski definition) is 7. The van der Waals surface area contributed by atoms with E-state index in [-0.39, 0.29) is 47.4 Å². The predicted molar refractivity (Wildman–Crippen MR) is 534 cm³/mol. The number of anilines is 7. The number of hydrogen-bond acceptors (Lipinski definition) is 24. The Balaban J connectivity index is 0.000000123. The molecule has 702 valence electrons. The number of fused-ring (bicyclic) bond motifs is 5. The lowest BCUT2D eigenvalue weighted by molar-refractivity contribution is 0.258. The van der Waals surface area contributed by atoms with Crippen LogP contribution in [0.15, 0.2) is 250 Å². The number of ether oxygens (including phenoxy) is 1. The molecular formula is C106H109F4N27O. The Morgan fingerprint density at radius 3 is 1.05 bits per heavy atom. The van der Waals surface area contributed by atoms with Crippen molar-refractivity contribution in [2.75, 3.05) is 89.6 Å². The molecule has 28 nitrogen and oxygen atoms in total. The van der Waals surface area contributed by atoms with Crippen LogP contribution in [0.25, 0.3) is 101 Å². The van der Waals surface area contributed by atoms with E-state index in [1.807, 2.05) is 123 Å². The third kappa shape index (κ3) is 21.8. The Hall–Kier alpha value is -15.8. The van der Waals surface area contributed by atoms with E-state index in [9.17, 15) is 17.6 Å². The van der Waals surface area contributed by atoms with E-state index in [2.05, 4.69) is 123 Å². The van der Waals surface area contributed by atoms with E-state index in [0.29, 0.717) is 36.3 Å². The molecule has 0 amide bonds. The predicted octanol–water partition coefficient (Wildman–Crippen LogP) is 21.5. The van der Waals surface area contributed by atoms with Gasteiger partial charge in [-0.15, -0.1) is 0 Å². The molecule has 4 aliphatic heterocycles. The SMILES string of the molecule is CCCCNc1nccc(-c2c(-c3ccc(F)cc3)nc3n2C(CNc2ccccn2)CC3)n1.CCCNc1nccc(-c2c(-c3ccc(F)cc3)nc3n2C(CNc2ccccn2)CC3)n1.CCNc1nccc(-c2c(-c3ccc(F)cc3)nc3n2C(CNc2ccccn2)CC3)n1.Cc1cc(OCC2CCc3nc(-c4ccc(F)cc4)c(-c4ccnc(NCC(C)C)n4)n32)c2ccccc2n1. The molecule has 0 fully saturated rings. The van der Waals surface area contributed by atoms with Gasteiger partial charge in [-0.1, -0.05) is 64.4 Å². The molecule has 5 aromatic carbocycles. The van der Waals surface area contributed by atoms with Crippen LogP contribution in [0.5, 0.6) is 5.75 Å². The van der Waals surface area contributed by atoms with E-state index >= 15 is 0 Å². The van der Waals surface area contributed by atoms with E-state index in [0.717, 1.165) is 270 Å². The summed E-state index contributed by atoms with van der Waals surface area (Å²) in [4.78, 5) is 74.5. The minimum atomic E-state index is -0.277. The summed E-state index contributed by atoms with van der Waals surface area (Å²) in [7, 11) is 0. The second-order valence-electron chi connectivity index (χ2n) is 34.6. The highest BCUT2D eigenvalue weighted by atomic mass is 19.1. The zero-order valence-electron chi connectivity index (χ0n) is 77.9. The molecule has 32 heteroatoms. The minimum absolute atomic E-state index is 0.0611. The molecule has 21 rings (SSSR count). The smallest absolute Gasteiger partial charge is 0.223 e. The fraction of sp³-hybridized carbons (Fsp3) is 0.283. The molecule has 0 saturated carbocycles. The van der Waals surface area contributed by atoms with Gasteiger partial charge in [0.05, 0.1) is 98.0 Å². The number of benzene rings is 5. The van der Waals surface area contributed by atoms with Crippen LogP contribution in [0.3, 0.4) is 0 Å². The Labute approximate surface area is 798 Å². The number of nitrogens with one attached hydrogen (secondary N) is 7. The monoisotopic (exact) mass is 1850 g/mol. The molecule has 0 saturated heterocycles. The average molecular weight is 1850 g/mol. The molecule has 12 aromatic heterocycles. The van der Waals surface area contributed by atoms with Crippen LogP contribution in [0.1, 0.15) is 133 Å². The Morgan fingerprint density at radius 1 is 0.348 bits per heavy atom. The number of aromatic nitrogens is 20. The van der Waals surface area contributed by atoms with Crippen LogP contribution in [-0.2, 0) is 25.7 Å². The van der Waals surface area contributed by atoms with E-state index in [1.54, 1.807) is 91.9 Å². The van der Waals surface area contributed by atoms with Gasteiger partial charge < -0.3 is 60.2 Å². The molecule has 0 bridgehead atoms. The molecule has 0 radical (unpaired) electrons. The summed E-state index contributed by atoms with van der Waals surface area (Å²) in [6.45, 7) is 18.3. The van der Waals surface area contributed by atoms with Gasteiger partial charge in [-0.2, -0.15) is 0 Å². The summed E-state index contributed by atoms with van der Waals surface area (Å²) in [5.41, 5.74) is 15.4. The largest absolute Gasteiger partial charge is 0.491 e. The molecule has 4 atom stereocenters. The first-order chi connectivity index (χ1) is 67.6. The third-order valence-corrected chi connectivity index (χ3v) is 24.4. The lowest BCUT2D eigenvalue weighted by atomic mass is 10.1. The van der Waals surface area contributed by atoms with Gasteiger partial charge in [0.25, 0.3) is 0 Å². The van der Waals surface area contributed by atoms with E-state index < -0.39 is 0 Å². The Bertz CT molecular complexity index is 6950. The number of para-hydroxylation sites is 1. The number of rotatable bonds is 32. The molecule has 7 N–H and O–H groups in total. The number of nitrogens with zero attached hydrogens (tertiary/aromatic N) is 20. The summed E-state index contributed by atoms with van der Waals surface area (Å²) in [5.74, 6) is 9.11. The molecule has 4 aliphatic rings. The maximum Gasteiger partial charge on any atom is 0.223 e. The van der Waals surface area contributed by atoms with Crippen molar-refractivity contribution in [2.45, 2.75) is 136 Å². The highest BCUT2D eigenvalue weighted by Gasteiger charge is 2.37. The first-order valence-corrected chi connectivity index (χ1v) is 47.4. The molecule has 0 aliphatic carbocycles. The van der Waals surface area contributed by atoms with Crippen molar-refractivity contribution in [3.63, 3.8) is 0 Å². The quantitative estimate of drug-likeness (QED) is 0.0152. The van der Waals surface area contributed by atoms with Crippen molar-refractivity contribution in [2.24, 2.45) is 5.92 Å². The van der Waals surface area contributed by atoms with Gasteiger partial charge in [0, 0.05) is 154 Å². The topological polar surface area (TPSA) is 319 Å². The number of imidazole rings is 4. The van der Waals surface area contributed by atoms with Crippen LogP contribution >= 0.6 is 0 Å². The van der Waals surface area contributed by atoms with E-state index in [4.69, 9.17) is 44.6 Å². The second-order valence-corrected chi connectivity index (χ2v) is 34.6. The Kier molecular flexibility index (Phi) is 29.4. The normalized spacial score (nSPS) is 14.7. The number of halogens is 4. The standard InChI is InChI=1S/C31H31FN6O.C26H28FN7.C25H26FN7.C24H24FN7/c1-19(2)17-34-31-33-15-14-26(36-31)30-29(21-8-10-22(32)11-9-21)37-28-13-12-23(38(28)30)18-39-27-16-20(3)35-25-7-5-4-6-24(25)27;1-2-3-14-29-26-30-16-13-21(32-26)25-24(18-7-9-19(27)10-8-18)33-23-12-11-20(34(23)25)17-31-22-6-4-5-15-28-22;1-2-13-28-25-29-15-12-20(31-25)24-23(17-6-8-18(26)9-7-17)32-22-11-10-19(33(22)24)16-30-21-5-3-4-14-27-21;1-2-26-24-28-14-12-19(30-24)23-22(16-6-8-17(25)9-7-16)31-21-11-10-18(32(21)23)15-29-20-5-3-4-13-27-20/h4-11,14-16,19,23H,12-13,17-18H2,1-3H3,(H,33,34,36);4-10,13,15-16,20H,2-3,11-12,14,17H2,1H3,(H,28,31)(H,29,30,32);3-9,12,14-15,19H,2,10-11,13,16H2,1H3,(H,27,30)(H,28,29,31);3-9,12-14,18H,2,10-11,15H2,1H3,(H,27,29)(H,26,28,30). The first kappa shape index (κ1) is 92.7. The molecule has 17 aromatic rings. The second kappa shape index (κ2) is 43.7. The molecule has 138 heavy (non-hydrogen) atoms.